The second kappa shape index (κ2) is 5.67. The van der Waals surface area contributed by atoms with E-state index in [4.69, 9.17) is 9.84 Å². The summed E-state index contributed by atoms with van der Waals surface area (Å²) in [6, 6.07) is 5.00. The van der Waals surface area contributed by atoms with Crippen LogP contribution >= 0.6 is 0 Å². The molecule has 1 amide bonds. The summed E-state index contributed by atoms with van der Waals surface area (Å²) in [5.41, 5.74) is 1.18. The summed E-state index contributed by atoms with van der Waals surface area (Å²) in [7, 11) is 1.63. The molecule has 2 aromatic heterocycles. The predicted molar refractivity (Wildman–Crippen MR) is 80.9 cm³/mol. The van der Waals surface area contributed by atoms with Gasteiger partial charge in [-0.2, -0.15) is 0 Å². The summed E-state index contributed by atoms with van der Waals surface area (Å²) < 4.78 is 6.37. The lowest BCUT2D eigenvalue weighted by molar-refractivity contribution is 0.0283. The smallest absolute Gasteiger partial charge is 0.416 e. The molecule has 0 aliphatic heterocycles. The van der Waals surface area contributed by atoms with Crippen LogP contribution in [0.3, 0.4) is 0 Å². The molecule has 0 radical (unpaired) electrons. The zero-order valence-corrected chi connectivity index (χ0v) is 13.0. The lowest BCUT2D eigenvalue weighted by Crippen LogP contribution is -2.34. The number of carbonyl (C=O) groups is 2. The molecule has 0 unspecified atom stereocenters. The minimum atomic E-state index is -1.06. The van der Waals surface area contributed by atoms with Gasteiger partial charge in [0, 0.05) is 13.2 Å². The van der Waals surface area contributed by atoms with E-state index in [1.807, 2.05) is 0 Å². The van der Waals surface area contributed by atoms with Gasteiger partial charge in [-0.15, -0.1) is 0 Å². The van der Waals surface area contributed by atoms with Crippen LogP contribution in [0.15, 0.2) is 24.4 Å². The van der Waals surface area contributed by atoms with Crippen LogP contribution in [0.25, 0.3) is 11.0 Å². The summed E-state index contributed by atoms with van der Waals surface area (Å²) in [5, 5.41) is 9.03. The predicted octanol–water partition coefficient (Wildman–Crippen LogP) is 2.93. The number of nitrogens with zero attached hydrogens (tertiary/aromatic N) is 3. The highest BCUT2D eigenvalue weighted by Gasteiger charge is 2.20. The van der Waals surface area contributed by atoms with E-state index in [-0.39, 0.29) is 6.54 Å². The Labute approximate surface area is 128 Å². The van der Waals surface area contributed by atoms with Crippen LogP contribution < -0.4 is 0 Å². The van der Waals surface area contributed by atoms with Crippen LogP contribution in [-0.2, 0) is 11.3 Å². The molecular weight excluding hydrogens is 286 g/mol. The number of hydrogen-bond donors (Lipinski definition) is 1. The van der Waals surface area contributed by atoms with Crippen molar-refractivity contribution in [2.75, 3.05) is 7.05 Å². The number of amides is 1. The van der Waals surface area contributed by atoms with Crippen molar-refractivity contribution in [2.24, 2.45) is 0 Å². The van der Waals surface area contributed by atoms with Crippen LogP contribution in [-0.4, -0.2) is 44.4 Å². The molecule has 0 aliphatic carbocycles. The molecule has 0 saturated carbocycles. The number of hydrogen-bond acceptors (Lipinski definition) is 4. The number of pyridine rings is 1. The monoisotopic (exact) mass is 305 g/mol. The van der Waals surface area contributed by atoms with Crippen molar-refractivity contribution in [3.8, 4) is 0 Å². The second-order valence-electron chi connectivity index (χ2n) is 6.01. The molecule has 2 heterocycles. The highest BCUT2D eigenvalue weighted by atomic mass is 16.6. The summed E-state index contributed by atoms with van der Waals surface area (Å²) in [5.74, 6) is 0. The average molecular weight is 305 g/mol. The van der Waals surface area contributed by atoms with Gasteiger partial charge in [0.05, 0.1) is 23.3 Å². The standard InChI is InChI=1S/C15H19N3O4/c1-15(2,3)22-14(21)17(4)9-10-5-6-12-11(16-10)7-8-18(12)13(19)20/h5-8H,9H2,1-4H3,(H,19,20). The minimum absolute atomic E-state index is 0.281. The molecule has 0 saturated heterocycles. The van der Waals surface area contributed by atoms with E-state index in [9.17, 15) is 9.59 Å². The number of aromatic nitrogens is 2. The van der Waals surface area contributed by atoms with E-state index in [1.165, 1.54) is 11.1 Å². The first-order chi connectivity index (χ1) is 10.2. The van der Waals surface area contributed by atoms with Crippen molar-refractivity contribution in [3.05, 3.63) is 30.1 Å². The first-order valence-corrected chi connectivity index (χ1v) is 6.82. The molecule has 0 aromatic carbocycles. The maximum Gasteiger partial charge on any atom is 0.416 e. The SMILES string of the molecule is CN(Cc1ccc2c(ccn2C(=O)O)n1)C(=O)OC(C)(C)C. The first kappa shape index (κ1) is 15.8. The van der Waals surface area contributed by atoms with Gasteiger partial charge in [-0.1, -0.05) is 0 Å². The van der Waals surface area contributed by atoms with Crippen LogP contribution in [0.5, 0.6) is 0 Å². The number of carboxylic acid groups (broad SMARTS) is 1. The summed E-state index contributed by atoms with van der Waals surface area (Å²) in [4.78, 5) is 28.7. The third kappa shape index (κ3) is 3.55. The molecule has 0 fully saturated rings. The zero-order valence-electron chi connectivity index (χ0n) is 13.0. The molecule has 7 heteroatoms. The Hall–Kier alpha value is -2.57. The first-order valence-electron chi connectivity index (χ1n) is 6.82. The van der Waals surface area contributed by atoms with Crippen LogP contribution in [0.2, 0.25) is 0 Å². The van der Waals surface area contributed by atoms with E-state index in [1.54, 1.807) is 46.0 Å². The minimum Gasteiger partial charge on any atom is -0.464 e. The molecule has 7 nitrogen and oxygen atoms in total. The van der Waals surface area contributed by atoms with Gasteiger partial charge in [0.2, 0.25) is 0 Å². The molecule has 118 valence electrons. The van der Waals surface area contributed by atoms with E-state index in [0.29, 0.717) is 16.7 Å². The highest BCUT2D eigenvalue weighted by Crippen LogP contribution is 2.16. The summed E-state index contributed by atoms with van der Waals surface area (Å²) in [6.45, 7) is 5.69. The number of carbonyl (C=O) groups excluding carboxylic acids is 1. The van der Waals surface area contributed by atoms with Gasteiger partial charge in [-0.25, -0.2) is 14.6 Å². The Morgan fingerprint density at radius 2 is 2.00 bits per heavy atom. The van der Waals surface area contributed by atoms with Gasteiger partial charge < -0.3 is 14.7 Å². The van der Waals surface area contributed by atoms with Gasteiger partial charge in [-0.3, -0.25) is 4.57 Å². The molecule has 22 heavy (non-hydrogen) atoms. The van der Waals surface area contributed by atoms with Gasteiger partial charge in [0.15, 0.2) is 0 Å². The summed E-state index contributed by atoms with van der Waals surface area (Å²) in [6.07, 6.45) is -0.0469. The fraction of sp³-hybridized carbons (Fsp3) is 0.400. The maximum atomic E-state index is 11.9. The van der Waals surface area contributed by atoms with Gasteiger partial charge in [-0.05, 0) is 39.0 Å². The second-order valence-corrected chi connectivity index (χ2v) is 6.01. The fourth-order valence-corrected chi connectivity index (χ4v) is 1.96. The molecule has 1 N–H and O–H groups in total. The quantitative estimate of drug-likeness (QED) is 0.922. The van der Waals surface area contributed by atoms with E-state index in [2.05, 4.69) is 4.98 Å². The van der Waals surface area contributed by atoms with Crippen molar-refractivity contribution in [1.82, 2.24) is 14.5 Å². The van der Waals surface area contributed by atoms with E-state index < -0.39 is 17.8 Å². The third-order valence-corrected chi connectivity index (χ3v) is 2.91. The topological polar surface area (TPSA) is 84.7 Å². The Morgan fingerprint density at radius 1 is 1.32 bits per heavy atom. The maximum absolute atomic E-state index is 11.9. The van der Waals surface area contributed by atoms with Crippen molar-refractivity contribution in [1.29, 1.82) is 0 Å². The van der Waals surface area contributed by atoms with Gasteiger partial charge >= 0.3 is 12.2 Å². The molecule has 2 rings (SSSR count). The highest BCUT2D eigenvalue weighted by molar-refractivity contribution is 5.86. The molecule has 0 aliphatic rings. The molecular formula is C15H19N3O4. The van der Waals surface area contributed by atoms with Crippen molar-refractivity contribution < 1.29 is 19.4 Å². The lowest BCUT2D eigenvalue weighted by Gasteiger charge is -2.24. The Balaban J connectivity index is 2.15. The third-order valence-electron chi connectivity index (χ3n) is 2.91. The normalized spacial score (nSPS) is 11.5. The largest absolute Gasteiger partial charge is 0.464 e. The fourth-order valence-electron chi connectivity index (χ4n) is 1.96. The molecule has 0 spiro atoms. The lowest BCUT2D eigenvalue weighted by atomic mass is 10.2. The Morgan fingerprint density at radius 3 is 2.59 bits per heavy atom. The van der Waals surface area contributed by atoms with E-state index >= 15 is 0 Å². The van der Waals surface area contributed by atoms with Crippen LogP contribution in [0.1, 0.15) is 26.5 Å². The number of fused-ring (bicyclic) bond motifs is 1. The van der Waals surface area contributed by atoms with Crippen molar-refractivity contribution in [3.63, 3.8) is 0 Å². The van der Waals surface area contributed by atoms with Gasteiger partial charge in [0.25, 0.3) is 0 Å². The number of ether oxygens (including phenoxy) is 1. The molecule has 0 atom stereocenters. The zero-order chi connectivity index (χ0) is 16.5. The Bertz CT molecular complexity index is 715. The van der Waals surface area contributed by atoms with Crippen molar-refractivity contribution >= 4 is 23.2 Å². The molecule has 2 aromatic rings. The summed E-state index contributed by atoms with van der Waals surface area (Å²) >= 11 is 0. The number of rotatable bonds is 2. The van der Waals surface area contributed by atoms with Crippen molar-refractivity contribution in [2.45, 2.75) is 32.9 Å². The van der Waals surface area contributed by atoms with E-state index in [0.717, 1.165) is 4.57 Å². The average Bonchev–Trinajstić information content (AvgIpc) is 2.79. The Kier molecular flexibility index (Phi) is 4.07. The van der Waals surface area contributed by atoms with Gasteiger partial charge in [0.1, 0.15) is 5.60 Å². The molecule has 0 bridgehead atoms. The van der Waals surface area contributed by atoms with Crippen LogP contribution in [0.4, 0.5) is 9.59 Å². The van der Waals surface area contributed by atoms with Crippen LogP contribution in [0, 0.1) is 0 Å².